The van der Waals surface area contributed by atoms with Crippen molar-refractivity contribution in [3.05, 3.63) is 15.9 Å². The summed E-state index contributed by atoms with van der Waals surface area (Å²) in [4.78, 5) is 9.59. The van der Waals surface area contributed by atoms with Crippen molar-refractivity contribution in [3.63, 3.8) is 0 Å². The second kappa shape index (κ2) is 6.46. The normalized spacial score (nSPS) is 12.1. The molecular formula is C12H19BrN4OSSi. The minimum Gasteiger partial charge on any atom is -0.359 e. The number of rotatable bonds is 6. The van der Waals surface area contributed by atoms with Crippen molar-refractivity contribution < 1.29 is 4.74 Å². The third-order valence-corrected chi connectivity index (χ3v) is 6.16. The first kappa shape index (κ1) is 15.8. The largest absolute Gasteiger partial charge is 0.359 e. The van der Waals surface area contributed by atoms with Crippen LogP contribution in [0.3, 0.4) is 0 Å². The lowest BCUT2D eigenvalue weighted by atomic mass is 10.5. The molecule has 0 aliphatic carbocycles. The molecule has 0 aliphatic rings. The van der Waals surface area contributed by atoms with E-state index in [1.807, 2.05) is 6.92 Å². The molecule has 0 aromatic carbocycles. The van der Waals surface area contributed by atoms with Crippen molar-refractivity contribution in [2.45, 2.75) is 39.3 Å². The average Bonchev–Trinajstić information content (AvgIpc) is 2.90. The number of halogens is 1. The highest BCUT2D eigenvalue weighted by atomic mass is 79.9. The van der Waals surface area contributed by atoms with Gasteiger partial charge >= 0.3 is 0 Å². The molecule has 5 nitrogen and oxygen atoms in total. The fraction of sp³-hybridized carbons (Fsp3) is 0.583. The quantitative estimate of drug-likeness (QED) is 0.570. The van der Waals surface area contributed by atoms with Gasteiger partial charge in [-0.15, -0.1) is 16.4 Å². The zero-order chi connectivity index (χ0) is 14.8. The molecule has 8 heteroatoms. The molecule has 20 heavy (non-hydrogen) atoms. The van der Waals surface area contributed by atoms with Crippen LogP contribution < -0.4 is 0 Å². The van der Waals surface area contributed by atoms with Crippen LogP contribution in [-0.2, 0) is 11.5 Å². The van der Waals surface area contributed by atoms with E-state index >= 15 is 0 Å². The van der Waals surface area contributed by atoms with Crippen LogP contribution in [0.5, 0.6) is 0 Å². The molecule has 0 amide bonds. The highest BCUT2D eigenvalue weighted by Gasteiger charge is 2.14. The summed E-state index contributed by atoms with van der Waals surface area (Å²) in [6, 6.07) is 1.16. The van der Waals surface area contributed by atoms with Gasteiger partial charge in [-0.2, -0.15) is 0 Å². The minimum atomic E-state index is -1.03. The SMILES string of the molecule is Cc1nc(Br)c(-c2ncn(COCC[Si](C)(C)C)n2)s1. The minimum absolute atomic E-state index is 0.451. The predicted molar refractivity (Wildman–Crippen MR) is 87.7 cm³/mol. The number of hydrogen-bond acceptors (Lipinski definition) is 5. The Hall–Kier alpha value is -0.573. The van der Waals surface area contributed by atoms with E-state index in [2.05, 4.69) is 50.6 Å². The molecule has 0 atom stereocenters. The lowest BCUT2D eigenvalue weighted by molar-refractivity contribution is 0.0785. The Balaban J connectivity index is 1.91. The second-order valence-electron chi connectivity index (χ2n) is 5.81. The fourth-order valence-corrected chi connectivity index (χ4v) is 3.84. The van der Waals surface area contributed by atoms with Crippen LogP contribution in [0.1, 0.15) is 5.01 Å². The van der Waals surface area contributed by atoms with Crippen molar-refractivity contribution in [2.24, 2.45) is 0 Å². The van der Waals surface area contributed by atoms with Gasteiger partial charge in [-0.05, 0) is 28.9 Å². The Labute approximate surface area is 132 Å². The van der Waals surface area contributed by atoms with Crippen LogP contribution in [0.15, 0.2) is 10.9 Å². The first-order chi connectivity index (χ1) is 9.35. The van der Waals surface area contributed by atoms with Crippen molar-refractivity contribution >= 4 is 35.3 Å². The molecule has 0 saturated carbocycles. The van der Waals surface area contributed by atoms with Gasteiger partial charge in [-0.1, -0.05) is 19.6 Å². The van der Waals surface area contributed by atoms with Crippen molar-refractivity contribution in [1.29, 1.82) is 0 Å². The highest BCUT2D eigenvalue weighted by molar-refractivity contribution is 9.10. The van der Waals surface area contributed by atoms with Crippen molar-refractivity contribution in [2.75, 3.05) is 6.61 Å². The molecule has 2 rings (SSSR count). The maximum absolute atomic E-state index is 5.65. The number of nitrogens with zero attached hydrogens (tertiary/aromatic N) is 4. The van der Waals surface area contributed by atoms with Crippen LogP contribution in [0.25, 0.3) is 10.7 Å². The average molecular weight is 375 g/mol. The van der Waals surface area contributed by atoms with Crippen LogP contribution in [0.4, 0.5) is 0 Å². The molecule has 0 saturated heterocycles. The van der Waals surface area contributed by atoms with Crippen molar-refractivity contribution in [1.82, 2.24) is 19.7 Å². The molecule has 2 aromatic heterocycles. The van der Waals surface area contributed by atoms with E-state index in [1.54, 1.807) is 22.3 Å². The number of aryl methyl sites for hydroxylation is 1. The van der Waals surface area contributed by atoms with Gasteiger partial charge in [-0.3, -0.25) is 0 Å². The Bertz CT molecular complexity index is 578. The first-order valence-corrected chi connectivity index (χ1v) is 11.8. The summed E-state index contributed by atoms with van der Waals surface area (Å²) in [5.74, 6) is 0.691. The molecule has 2 aromatic rings. The molecular weight excluding hydrogens is 356 g/mol. The summed E-state index contributed by atoms with van der Waals surface area (Å²) in [6.45, 7) is 10.2. The third-order valence-electron chi connectivity index (χ3n) is 2.65. The van der Waals surface area contributed by atoms with E-state index in [-0.39, 0.29) is 0 Å². The van der Waals surface area contributed by atoms with Crippen LogP contribution in [0.2, 0.25) is 25.7 Å². The summed E-state index contributed by atoms with van der Waals surface area (Å²) in [5, 5.41) is 5.42. The Morgan fingerprint density at radius 1 is 1.40 bits per heavy atom. The van der Waals surface area contributed by atoms with Gasteiger partial charge in [0.25, 0.3) is 0 Å². The zero-order valence-electron chi connectivity index (χ0n) is 12.2. The van der Waals surface area contributed by atoms with Gasteiger partial charge in [0, 0.05) is 14.7 Å². The van der Waals surface area contributed by atoms with Gasteiger partial charge in [0.1, 0.15) is 22.5 Å². The summed E-state index contributed by atoms with van der Waals surface area (Å²) < 4.78 is 8.18. The van der Waals surface area contributed by atoms with Crippen LogP contribution in [-0.4, -0.2) is 34.4 Å². The molecule has 0 N–H and O–H groups in total. The fourth-order valence-electron chi connectivity index (χ4n) is 1.54. The van der Waals surface area contributed by atoms with Gasteiger partial charge in [0.2, 0.25) is 0 Å². The van der Waals surface area contributed by atoms with Gasteiger partial charge in [-0.25, -0.2) is 14.6 Å². The number of hydrogen-bond donors (Lipinski definition) is 0. The summed E-state index contributed by atoms with van der Waals surface area (Å²) in [6.07, 6.45) is 1.70. The lowest BCUT2D eigenvalue weighted by Crippen LogP contribution is -2.22. The molecule has 2 heterocycles. The summed E-state index contributed by atoms with van der Waals surface area (Å²) >= 11 is 5.01. The Morgan fingerprint density at radius 3 is 2.75 bits per heavy atom. The number of aromatic nitrogens is 4. The molecule has 110 valence electrons. The van der Waals surface area contributed by atoms with E-state index in [0.717, 1.165) is 27.1 Å². The van der Waals surface area contributed by atoms with E-state index < -0.39 is 8.07 Å². The van der Waals surface area contributed by atoms with Gasteiger partial charge in [0.05, 0.1) is 5.01 Å². The number of thiazole rings is 1. The Kier molecular flexibility index (Phi) is 5.11. The maximum Gasteiger partial charge on any atom is 0.194 e. The second-order valence-corrected chi connectivity index (χ2v) is 13.4. The smallest absolute Gasteiger partial charge is 0.194 e. The lowest BCUT2D eigenvalue weighted by Gasteiger charge is -2.15. The molecule has 0 fully saturated rings. The summed E-state index contributed by atoms with van der Waals surface area (Å²) in [7, 11) is -1.03. The van der Waals surface area contributed by atoms with Gasteiger partial charge < -0.3 is 4.74 Å². The first-order valence-electron chi connectivity index (χ1n) is 6.46. The number of ether oxygens (including phenoxy) is 1. The van der Waals surface area contributed by atoms with E-state index in [1.165, 1.54) is 0 Å². The van der Waals surface area contributed by atoms with Crippen LogP contribution >= 0.6 is 27.3 Å². The standard InChI is InChI=1S/C12H19BrN4OSSi/c1-9-15-11(13)10(19-9)12-14-7-17(16-12)8-18-5-6-20(2,3)4/h7H,5-6,8H2,1-4H3. The van der Waals surface area contributed by atoms with E-state index in [4.69, 9.17) is 4.74 Å². The van der Waals surface area contributed by atoms with Gasteiger partial charge in [0.15, 0.2) is 5.82 Å². The molecule has 0 spiro atoms. The van der Waals surface area contributed by atoms with Crippen molar-refractivity contribution in [3.8, 4) is 10.7 Å². The molecule has 0 radical (unpaired) electrons. The van der Waals surface area contributed by atoms with E-state index in [9.17, 15) is 0 Å². The molecule has 0 unspecified atom stereocenters. The highest BCUT2D eigenvalue weighted by Crippen LogP contribution is 2.30. The van der Waals surface area contributed by atoms with E-state index in [0.29, 0.717) is 12.6 Å². The Morgan fingerprint density at radius 2 is 2.15 bits per heavy atom. The monoisotopic (exact) mass is 374 g/mol. The molecule has 0 aliphatic heterocycles. The topological polar surface area (TPSA) is 52.8 Å². The van der Waals surface area contributed by atoms with Crippen LogP contribution in [0, 0.1) is 6.92 Å². The third kappa shape index (κ3) is 4.47. The summed E-state index contributed by atoms with van der Waals surface area (Å²) in [5.41, 5.74) is 0. The molecule has 0 bridgehead atoms. The maximum atomic E-state index is 5.65. The predicted octanol–water partition coefficient (Wildman–Crippen LogP) is 3.78. The zero-order valence-corrected chi connectivity index (χ0v) is 15.6.